The van der Waals surface area contributed by atoms with Gasteiger partial charge >= 0.3 is 5.97 Å². The second-order valence-electron chi connectivity index (χ2n) is 7.86. The van der Waals surface area contributed by atoms with Gasteiger partial charge in [0.1, 0.15) is 5.60 Å². The van der Waals surface area contributed by atoms with Crippen LogP contribution in [0.15, 0.2) is 34.9 Å². The minimum absolute atomic E-state index is 0.0642. The van der Waals surface area contributed by atoms with Crippen LogP contribution in [0.25, 0.3) is 0 Å². The Hall–Kier alpha value is -1.64. The lowest BCUT2D eigenvalue weighted by Crippen LogP contribution is -2.40. The molecule has 25 heavy (non-hydrogen) atoms. The minimum atomic E-state index is -0.798. The van der Waals surface area contributed by atoms with E-state index >= 15 is 0 Å². The number of rotatable bonds is 2. The largest absolute Gasteiger partial charge is 0.459 e. The van der Waals surface area contributed by atoms with Crippen LogP contribution in [0.4, 0.5) is 0 Å². The molecule has 1 atom stereocenters. The first-order valence-electron chi connectivity index (χ1n) is 9.33. The molecule has 0 radical (unpaired) electrons. The van der Waals surface area contributed by atoms with E-state index in [1.54, 1.807) is 6.08 Å². The number of esters is 1. The summed E-state index contributed by atoms with van der Waals surface area (Å²) >= 11 is 0. The molecule has 0 bridgehead atoms. The van der Waals surface area contributed by atoms with Crippen LogP contribution in [0.2, 0.25) is 0 Å². The van der Waals surface area contributed by atoms with Crippen LogP contribution < -0.4 is 0 Å². The van der Waals surface area contributed by atoms with Crippen molar-refractivity contribution in [2.24, 2.45) is 5.92 Å². The standard InChI is InChI=1S/C22H34O3/c1-16-9-7-11-17(2)13-14-20(22(5,6)25-19(4)23)21(24)15-18(3)12-8-10-16/h10-11,15,20H,7-9,12-14H2,1-6H3. The van der Waals surface area contributed by atoms with Gasteiger partial charge in [0, 0.05) is 6.92 Å². The van der Waals surface area contributed by atoms with Crippen LogP contribution in [0, 0.1) is 5.92 Å². The van der Waals surface area contributed by atoms with E-state index in [2.05, 4.69) is 26.0 Å². The zero-order valence-electron chi connectivity index (χ0n) is 16.8. The predicted octanol–water partition coefficient (Wildman–Crippen LogP) is 5.71. The third-order valence-electron chi connectivity index (χ3n) is 4.87. The summed E-state index contributed by atoms with van der Waals surface area (Å²) in [6.45, 7) is 11.4. The maximum Gasteiger partial charge on any atom is 0.303 e. The van der Waals surface area contributed by atoms with Crippen molar-refractivity contribution in [2.75, 3.05) is 0 Å². The molecule has 140 valence electrons. The van der Waals surface area contributed by atoms with Crippen LogP contribution in [0.3, 0.4) is 0 Å². The first-order valence-corrected chi connectivity index (χ1v) is 9.33. The van der Waals surface area contributed by atoms with Crippen molar-refractivity contribution < 1.29 is 14.3 Å². The molecule has 0 N–H and O–H groups in total. The Labute approximate surface area is 153 Å². The molecule has 1 aliphatic carbocycles. The van der Waals surface area contributed by atoms with Gasteiger partial charge in [-0.1, -0.05) is 28.9 Å². The van der Waals surface area contributed by atoms with Crippen LogP contribution in [0.1, 0.15) is 80.1 Å². The molecule has 0 aromatic carbocycles. The molecule has 0 spiro atoms. The monoisotopic (exact) mass is 346 g/mol. The number of carbonyl (C=O) groups excluding carboxylic acids is 2. The zero-order chi connectivity index (χ0) is 19.0. The van der Waals surface area contributed by atoms with Gasteiger partial charge in [0.15, 0.2) is 5.78 Å². The molecule has 0 amide bonds. The molecular formula is C22H34O3. The third kappa shape index (κ3) is 7.85. The van der Waals surface area contributed by atoms with Gasteiger partial charge in [0.2, 0.25) is 0 Å². The van der Waals surface area contributed by atoms with Gasteiger partial charge < -0.3 is 4.74 Å². The van der Waals surface area contributed by atoms with Crippen molar-refractivity contribution >= 4 is 11.8 Å². The second kappa shape index (κ2) is 9.74. The molecule has 1 rings (SSSR count). The molecule has 0 fully saturated rings. The lowest BCUT2D eigenvalue weighted by Gasteiger charge is -2.32. The van der Waals surface area contributed by atoms with E-state index in [0.717, 1.165) is 37.7 Å². The van der Waals surface area contributed by atoms with Crippen LogP contribution in [0.5, 0.6) is 0 Å². The van der Waals surface area contributed by atoms with E-state index < -0.39 is 5.60 Å². The van der Waals surface area contributed by atoms with Gasteiger partial charge in [0.25, 0.3) is 0 Å². The SMILES string of the molecule is CC(=O)OC(C)(C)C1CCC(C)=CCCC(C)=CCCC(C)=CC1=O. The van der Waals surface area contributed by atoms with E-state index in [1.165, 1.54) is 18.1 Å². The van der Waals surface area contributed by atoms with E-state index in [1.807, 2.05) is 20.8 Å². The van der Waals surface area contributed by atoms with Crippen molar-refractivity contribution in [3.63, 3.8) is 0 Å². The van der Waals surface area contributed by atoms with E-state index in [4.69, 9.17) is 4.74 Å². The maximum absolute atomic E-state index is 12.9. The molecule has 3 heteroatoms. The van der Waals surface area contributed by atoms with Crippen molar-refractivity contribution in [1.82, 2.24) is 0 Å². The highest BCUT2D eigenvalue weighted by Crippen LogP contribution is 2.30. The highest BCUT2D eigenvalue weighted by atomic mass is 16.6. The Bertz CT molecular complexity index is 576. The minimum Gasteiger partial charge on any atom is -0.459 e. The van der Waals surface area contributed by atoms with E-state index in [9.17, 15) is 9.59 Å². The van der Waals surface area contributed by atoms with E-state index in [-0.39, 0.29) is 17.7 Å². The fourth-order valence-corrected chi connectivity index (χ4v) is 3.36. The highest BCUT2D eigenvalue weighted by molar-refractivity contribution is 5.93. The van der Waals surface area contributed by atoms with Crippen molar-refractivity contribution in [1.29, 1.82) is 0 Å². The summed E-state index contributed by atoms with van der Waals surface area (Å²) in [7, 11) is 0. The average molecular weight is 347 g/mol. The molecule has 0 saturated carbocycles. The molecule has 0 heterocycles. The van der Waals surface area contributed by atoms with Crippen molar-refractivity contribution in [3.8, 4) is 0 Å². The fourth-order valence-electron chi connectivity index (χ4n) is 3.36. The Morgan fingerprint density at radius 1 is 1.00 bits per heavy atom. The number of ether oxygens (including phenoxy) is 1. The molecule has 0 aliphatic heterocycles. The second-order valence-corrected chi connectivity index (χ2v) is 7.86. The summed E-state index contributed by atoms with van der Waals surface area (Å²) in [4.78, 5) is 24.4. The molecule has 0 aromatic rings. The number of hydrogen-bond donors (Lipinski definition) is 0. The van der Waals surface area contributed by atoms with Crippen LogP contribution >= 0.6 is 0 Å². The van der Waals surface area contributed by atoms with Gasteiger partial charge in [0.05, 0.1) is 5.92 Å². The Balaban J connectivity index is 3.09. The van der Waals surface area contributed by atoms with Gasteiger partial charge in [-0.05, 0) is 79.2 Å². The fraction of sp³-hybridized carbons (Fsp3) is 0.636. The lowest BCUT2D eigenvalue weighted by molar-refractivity contribution is -0.160. The number of allylic oxidation sites excluding steroid dienone is 6. The zero-order valence-corrected chi connectivity index (χ0v) is 16.8. The molecule has 3 nitrogen and oxygen atoms in total. The first-order chi connectivity index (χ1) is 11.6. The van der Waals surface area contributed by atoms with Gasteiger partial charge in [-0.3, -0.25) is 9.59 Å². The number of ketones is 1. The van der Waals surface area contributed by atoms with Crippen molar-refractivity contribution in [3.05, 3.63) is 34.9 Å². The summed E-state index contributed by atoms with van der Waals surface area (Å²) in [6, 6.07) is 0. The third-order valence-corrected chi connectivity index (χ3v) is 4.87. The van der Waals surface area contributed by atoms with Gasteiger partial charge in [-0.2, -0.15) is 0 Å². The van der Waals surface area contributed by atoms with E-state index in [0.29, 0.717) is 6.42 Å². The van der Waals surface area contributed by atoms with Gasteiger partial charge in [-0.15, -0.1) is 0 Å². The normalized spacial score (nSPS) is 21.6. The topological polar surface area (TPSA) is 43.4 Å². The summed E-state index contributed by atoms with van der Waals surface area (Å²) in [5.41, 5.74) is 2.99. The number of hydrogen-bond acceptors (Lipinski definition) is 3. The van der Waals surface area contributed by atoms with Crippen LogP contribution in [-0.4, -0.2) is 17.4 Å². The summed E-state index contributed by atoms with van der Waals surface area (Å²) < 4.78 is 5.48. The highest BCUT2D eigenvalue weighted by Gasteiger charge is 2.36. The Morgan fingerprint density at radius 3 is 2.08 bits per heavy atom. The lowest BCUT2D eigenvalue weighted by atomic mass is 9.81. The molecule has 0 aromatic heterocycles. The molecule has 1 aliphatic rings. The maximum atomic E-state index is 12.9. The van der Waals surface area contributed by atoms with Crippen LogP contribution in [-0.2, 0) is 14.3 Å². The summed E-state index contributed by atoms with van der Waals surface area (Å²) in [6.07, 6.45) is 11.8. The summed E-state index contributed by atoms with van der Waals surface area (Å²) in [5, 5.41) is 0. The number of carbonyl (C=O) groups is 2. The first kappa shape index (κ1) is 21.4. The smallest absolute Gasteiger partial charge is 0.303 e. The predicted molar refractivity (Wildman–Crippen MR) is 103 cm³/mol. The quantitative estimate of drug-likeness (QED) is 0.475. The van der Waals surface area contributed by atoms with Gasteiger partial charge in [-0.25, -0.2) is 0 Å². The molecular weight excluding hydrogens is 312 g/mol. The average Bonchev–Trinajstić information content (AvgIpc) is 2.44. The Morgan fingerprint density at radius 2 is 1.52 bits per heavy atom. The molecule has 0 saturated heterocycles. The molecule has 1 unspecified atom stereocenters. The van der Waals surface area contributed by atoms with Crippen molar-refractivity contribution in [2.45, 2.75) is 85.7 Å². The Kier molecular flexibility index (Phi) is 8.34. The summed E-state index contributed by atoms with van der Waals surface area (Å²) in [5.74, 6) is -0.602.